The molecule has 0 aliphatic carbocycles. The number of benzene rings is 4. The molecule has 0 aliphatic heterocycles. The lowest BCUT2D eigenvalue weighted by Crippen LogP contribution is -1.91. The van der Waals surface area contributed by atoms with Crippen LogP contribution in [-0.4, -0.2) is 15.0 Å². The Kier molecular flexibility index (Phi) is 3.96. The first-order valence-corrected chi connectivity index (χ1v) is 10.7. The minimum Gasteiger partial charge on any atom is -0.338 e. The first-order chi connectivity index (χ1) is 14.8. The van der Waals surface area contributed by atoms with Gasteiger partial charge >= 0.3 is 0 Å². The predicted octanol–water partition coefficient (Wildman–Crippen LogP) is 6.91. The molecule has 1 N–H and O–H groups in total. The number of aromatic amines is 1. The second-order valence-electron chi connectivity index (χ2n) is 7.22. The van der Waals surface area contributed by atoms with Crippen LogP contribution in [0.15, 0.2) is 91.0 Å². The highest BCUT2D eigenvalue weighted by Crippen LogP contribution is 2.33. The zero-order chi connectivity index (χ0) is 19.9. The molecule has 0 bridgehead atoms. The van der Waals surface area contributed by atoms with Crippen molar-refractivity contribution in [3.8, 4) is 0 Å². The monoisotopic (exact) mass is 403 g/mol. The fourth-order valence-corrected chi connectivity index (χ4v) is 4.81. The Morgan fingerprint density at radius 1 is 0.733 bits per heavy atom. The number of H-pyrrole nitrogens is 1. The van der Waals surface area contributed by atoms with Gasteiger partial charge in [-0.3, -0.25) is 0 Å². The SMILES string of the molecule is C(=C(/c1nc2ccccc2[nH]1)c1nc2ccccc2s1)/c1cccc2ccccc12. The summed E-state index contributed by atoms with van der Waals surface area (Å²) < 4.78 is 1.17. The van der Waals surface area contributed by atoms with Gasteiger partial charge in [-0.05, 0) is 46.7 Å². The zero-order valence-corrected chi connectivity index (χ0v) is 16.9. The molecular weight excluding hydrogens is 386 g/mol. The van der Waals surface area contributed by atoms with E-state index in [0.29, 0.717) is 0 Å². The lowest BCUT2D eigenvalue weighted by Gasteiger charge is -2.05. The second kappa shape index (κ2) is 6.94. The molecule has 4 aromatic carbocycles. The van der Waals surface area contributed by atoms with E-state index >= 15 is 0 Å². The summed E-state index contributed by atoms with van der Waals surface area (Å²) in [7, 11) is 0. The number of para-hydroxylation sites is 3. The Morgan fingerprint density at radius 3 is 2.40 bits per heavy atom. The van der Waals surface area contributed by atoms with Gasteiger partial charge in [0.05, 0.1) is 26.8 Å². The van der Waals surface area contributed by atoms with Gasteiger partial charge < -0.3 is 4.98 Å². The maximum absolute atomic E-state index is 4.93. The van der Waals surface area contributed by atoms with E-state index in [1.54, 1.807) is 11.3 Å². The van der Waals surface area contributed by atoms with E-state index in [1.165, 1.54) is 15.5 Å². The van der Waals surface area contributed by atoms with Crippen LogP contribution in [0.3, 0.4) is 0 Å². The summed E-state index contributed by atoms with van der Waals surface area (Å²) in [5.41, 5.74) is 5.15. The zero-order valence-electron chi connectivity index (χ0n) is 16.0. The largest absolute Gasteiger partial charge is 0.338 e. The van der Waals surface area contributed by atoms with E-state index in [9.17, 15) is 0 Å². The number of imidazole rings is 1. The number of nitrogens with one attached hydrogen (secondary N) is 1. The van der Waals surface area contributed by atoms with Gasteiger partial charge in [-0.25, -0.2) is 9.97 Å². The number of hydrogen-bond acceptors (Lipinski definition) is 3. The minimum atomic E-state index is 0.836. The summed E-state index contributed by atoms with van der Waals surface area (Å²) >= 11 is 1.70. The molecule has 6 rings (SSSR count). The van der Waals surface area contributed by atoms with Gasteiger partial charge in [-0.2, -0.15) is 0 Å². The van der Waals surface area contributed by atoms with Gasteiger partial charge in [0, 0.05) is 0 Å². The fourth-order valence-electron chi connectivity index (χ4n) is 3.83. The summed E-state index contributed by atoms with van der Waals surface area (Å²) in [6.07, 6.45) is 2.21. The van der Waals surface area contributed by atoms with Crippen LogP contribution in [0.1, 0.15) is 16.4 Å². The van der Waals surface area contributed by atoms with E-state index < -0.39 is 0 Å². The Hall–Kier alpha value is -3.76. The van der Waals surface area contributed by atoms with Crippen LogP contribution in [0.4, 0.5) is 0 Å². The van der Waals surface area contributed by atoms with Crippen LogP contribution in [0, 0.1) is 0 Å². The van der Waals surface area contributed by atoms with E-state index in [0.717, 1.165) is 38.5 Å². The van der Waals surface area contributed by atoms with Gasteiger partial charge in [0.15, 0.2) is 0 Å². The van der Waals surface area contributed by atoms with Gasteiger partial charge in [-0.15, -0.1) is 11.3 Å². The van der Waals surface area contributed by atoms with Gasteiger partial charge in [0.25, 0.3) is 0 Å². The van der Waals surface area contributed by atoms with Crippen molar-refractivity contribution in [1.29, 1.82) is 0 Å². The number of hydrogen-bond donors (Lipinski definition) is 1. The molecule has 3 nitrogen and oxygen atoms in total. The molecule has 0 atom stereocenters. The molecule has 0 spiro atoms. The maximum atomic E-state index is 4.93. The number of nitrogens with zero attached hydrogens (tertiary/aromatic N) is 2. The van der Waals surface area contributed by atoms with Crippen molar-refractivity contribution in [2.24, 2.45) is 0 Å². The number of aromatic nitrogens is 3. The van der Waals surface area contributed by atoms with E-state index in [2.05, 4.69) is 77.8 Å². The van der Waals surface area contributed by atoms with Crippen LogP contribution in [-0.2, 0) is 0 Å². The van der Waals surface area contributed by atoms with Gasteiger partial charge in [-0.1, -0.05) is 66.7 Å². The molecule has 0 saturated carbocycles. The third-order valence-corrected chi connectivity index (χ3v) is 6.36. The summed E-state index contributed by atoms with van der Waals surface area (Å²) in [5, 5.41) is 3.40. The molecule has 0 saturated heterocycles. The summed E-state index contributed by atoms with van der Waals surface area (Å²) in [4.78, 5) is 13.3. The quantitative estimate of drug-likeness (QED) is 0.349. The highest BCUT2D eigenvalue weighted by atomic mass is 32.1. The molecule has 0 fully saturated rings. The maximum Gasteiger partial charge on any atom is 0.141 e. The third kappa shape index (κ3) is 2.90. The van der Waals surface area contributed by atoms with Crippen molar-refractivity contribution in [3.63, 3.8) is 0 Å². The topological polar surface area (TPSA) is 41.6 Å². The molecule has 0 aliphatic rings. The Bertz CT molecular complexity index is 1410. The first kappa shape index (κ1) is 17.1. The number of thiazole rings is 1. The molecule has 30 heavy (non-hydrogen) atoms. The molecular formula is C26H17N3S. The van der Waals surface area contributed by atoms with Crippen LogP contribution in [0.5, 0.6) is 0 Å². The molecule has 0 unspecified atom stereocenters. The average molecular weight is 404 g/mol. The lowest BCUT2D eigenvalue weighted by atomic mass is 10.0. The summed E-state index contributed by atoms with van der Waals surface area (Å²) in [5.74, 6) is 0.836. The van der Waals surface area contributed by atoms with Crippen LogP contribution in [0.2, 0.25) is 0 Å². The van der Waals surface area contributed by atoms with Crippen LogP contribution < -0.4 is 0 Å². The molecule has 0 amide bonds. The van der Waals surface area contributed by atoms with E-state index in [1.807, 2.05) is 24.3 Å². The number of rotatable bonds is 3. The van der Waals surface area contributed by atoms with Crippen molar-refractivity contribution in [3.05, 3.63) is 107 Å². The lowest BCUT2D eigenvalue weighted by molar-refractivity contribution is 1.25. The van der Waals surface area contributed by atoms with Crippen molar-refractivity contribution in [2.75, 3.05) is 0 Å². The second-order valence-corrected chi connectivity index (χ2v) is 8.25. The predicted molar refractivity (Wildman–Crippen MR) is 127 cm³/mol. The highest BCUT2D eigenvalue weighted by Gasteiger charge is 2.16. The summed E-state index contributed by atoms with van der Waals surface area (Å²) in [6.45, 7) is 0. The van der Waals surface area contributed by atoms with Crippen molar-refractivity contribution >= 4 is 55.0 Å². The summed E-state index contributed by atoms with van der Waals surface area (Å²) in [6, 6.07) is 31.2. The van der Waals surface area contributed by atoms with E-state index in [-0.39, 0.29) is 0 Å². The van der Waals surface area contributed by atoms with Crippen molar-refractivity contribution < 1.29 is 0 Å². The standard InChI is InChI=1S/C26H17N3S/c1-2-11-19-17(8-1)9-7-10-18(19)16-20(25-27-21-12-3-4-13-22(21)28-25)26-29-23-14-5-6-15-24(23)30-26/h1-16H,(H,27,28)/b20-16+. The van der Waals surface area contributed by atoms with Gasteiger partial charge in [0.1, 0.15) is 10.8 Å². The Labute approximate surface area is 177 Å². The fraction of sp³-hybridized carbons (Fsp3) is 0. The van der Waals surface area contributed by atoms with Crippen LogP contribution in [0.25, 0.3) is 43.7 Å². The molecule has 2 heterocycles. The molecule has 4 heteroatoms. The Balaban J connectivity index is 1.62. The van der Waals surface area contributed by atoms with Crippen molar-refractivity contribution in [2.45, 2.75) is 0 Å². The Morgan fingerprint density at radius 2 is 1.50 bits per heavy atom. The minimum absolute atomic E-state index is 0.836. The number of fused-ring (bicyclic) bond motifs is 3. The molecule has 0 radical (unpaired) electrons. The first-order valence-electron chi connectivity index (χ1n) is 9.86. The van der Waals surface area contributed by atoms with Crippen LogP contribution >= 0.6 is 11.3 Å². The molecule has 2 aromatic heterocycles. The normalized spacial score (nSPS) is 12.2. The average Bonchev–Trinajstić information content (AvgIpc) is 3.41. The highest BCUT2D eigenvalue weighted by molar-refractivity contribution is 7.19. The smallest absolute Gasteiger partial charge is 0.141 e. The molecule has 6 aromatic rings. The van der Waals surface area contributed by atoms with E-state index in [4.69, 9.17) is 9.97 Å². The van der Waals surface area contributed by atoms with Gasteiger partial charge in [0.2, 0.25) is 0 Å². The third-order valence-electron chi connectivity index (χ3n) is 5.29. The molecule has 142 valence electrons. The van der Waals surface area contributed by atoms with Crippen molar-refractivity contribution in [1.82, 2.24) is 15.0 Å².